The Bertz CT molecular complexity index is 925. The van der Waals surface area contributed by atoms with Crippen LogP contribution >= 0.6 is 0 Å². The quantitative estimate of drug-likeness (QED) is 0.573. The summed E-state index contributed by atoms with van der Waals surface area (Å²) in [7, 11) is -4.48. The predicted octanol–water partition coefficient (Wildman–Crippen LogP) is 3.36. The van der Waals surface area contributed by atoms with Crippen molar-refractivity contribution in [2.24, 2.45) is 0 Å². The molecule has 3 aromatic rings. The zero-order valence-electron chi connectivity index (χ0n) is 11.5. The summed E-state index contributed by atoms with van der Waals surface area (Å²) in [5, 5.41) is 1.62. The number of fused-ring (bicyclic) bond motifs is 1. The SMILES string of the molecule is Nc1cc(N(c2ccccc2)S(=O)(=O)O)cc2ccccc12. The number of nitrogen functional groups attached to an aromatic ring is 1. The maximum atomic E-state index is 11.8. The summed E-state index contributed by atoms with van der Waals surface area (Å²) in [6.07, 6.45) is 0. The molecule has 5 nitrogen and oxygen atoms in total. The zero-order valence-corrected chi connectivity index (χ0v) is 12.4. The van der Waals surface area contributed by atoms with Crippen LogP contribution in [-0.2, 0) is 10.3 Å². The van der Waals surface area contributed by atoms with Crippen LogP contribution in [0.15, 0.2) is 66.7 Å². The van der Waals surface area contributed by atoms with Gasteiger partial charge in [0.2, 0.25) is 0 Å². The molecule has 0 aliphatic heterocycles. The van der Waals surface area contributed by atoms with Crippen molar-refractivity contribution < 1.29 is 13.0 Å². The largest absolute Gasteiger partial charge is 0.398 e. The Balaban J connectivity index is 2.26. The van der Waals surface area contributed by atoms with Crippen molar-refractivity contribution in [1.82, 2.24) is 0 Å². The normalized spacial score (nSPS) is 11.5. The van der Waals surface area contributed by atoms with Gasteiger partial charge in [-0.15, -0.1) is 0 Å². The fraction of sp³-hybridized carbons (Fsp3) is 0. The van der Waals surface area contributed by atoms with Crippen LogP contribution < -0.4 is 10.0 Å². The lowest BCUT2D eigenvalue weighted by Gasteiger charge is -2.22. The van der Waals surface area contributed by atoms with Gasteiger partial charge in [-0.1, -0.05) is 42.5 Å². The third-order valence-electron chi connectivity index (χ3n) is 3.33. The molecule has 0 spiro atoms. The van der Waals surface area contributed by atoms with E-state index in [1.54, 1.807) is 36.4 Å². The van der Waals surface area contributed by atoms with Gasteiger partial charge in [0, 0.05) is 11.1 Å². The molecule has 0 radical (unpaired) electrons. The molecule has 0 aromatic heterocycles. The Morgan fingerprint density at radius 3 is 2.18 bits per heavy atom. The number of rotatable bonds is 3. The summed E-state index contributed by atoms with van der Waals surface area (Å²) in [5.41, 5.74) is 7.07. The van der Waals surface area contributed by atoms with Gasteiger partial charge in [0.15, 0.2) is 0 Å². The van der Waals surface area contributed by atoms with Crippen LogP contribution in [0.1, 0.15) is 0 Å². The molecule has 3 N–H and O–H groups in total. The molecule has 22 heavy (non-hydrogen) atoms. The van der Waals surface area contributed by atoms with E-state index in [9.17, 15) is 13.0 Å². The molecule has 3 rings (SSSR count). The molecule has 0 bridgehead atoms. The molecule has 0 saturated carbocycles. The molecule has 0 aliphatic rings. The summed E-state index contributed by atoms with van der Waals surface area (Å²) in [4.78, 5) is 0. The van der Waals surface area contributed by atoms with Crippen LogP contribution in [0, 0.1) is 0 Å². The number of hydrogen-bond donors (Lipinski definition) is 2. The Labute approximate surface area is 128 Å². The second-order valence-electron chi connectivity index (χ2n) is 4.83. The number of benzene rings is 3. The molecular weight excluding hydrogens is 300 g/mol. The molecule has 0 aliphatic carbocycles. The first-order chi connectivity index (χ1) is 10.5. The van der Waals surface area contributed by atoms with E-state index in [2.05, 4.69) is 0 Å². The van der Waals surface area contributed by atoms with Gasteiger partial charge >= 0.3 is 10.3 Å². The van der Waals surface area contributed by atoms with Gasteiger partial charge in [0.1, 0.15) is 0 Å². The monoisotopic (exact) mass is 314 g/mol. The van der Waals surface area contributed by atoms with Gasteiger partial charge in [-0.2, -0.15) is 8.42 Å². The van der Waals surface area contributed by atoms with Crippen molar-refractivity contribution in [1.29, 1.82) is 0 Å². The first-order valence-electron chi connectivity index (χ1n) is 6.58. The van der Waals surface area contributed by atoms with Gasteiger partial charge in [-0.05, 0) is 29.7 Å². The topological polar surface area (TPSA) is 83.6 Å². The van der Waals surface area contributed by atoms with Crippen LogP contribution in [0.25, 0.3) is 10.8 Å². The van der Waals surface area contributed by atoms with Gasteiger partial charge in [0.25, 0.3) is 0 Å². The number of anilines is 3. The lowest BCUT2D eigenvalue weighted by Crippen LogP contribution is -2.25. The summed E-state index contributed by atoms with van der Waals surface area (Å²) >= 11 is 0. The standard InChI is InChI=1S/C16H14N2O3S/c17-16-11-14(10-12-6-4-5-9-15(12)16)18(22(19,20)21)13-7-2-1-3-8-13/h1-11H,17H2,(H,19,20,21). The van der Waals surface area contributed by atoms with Crippen molar-refractivity contribution in [3.8, 4) is 0 Å². The van der Waals surface area contributed by atoms with Crippen LogP contribution in [0.2, 0.25) is 0 Å². The number of nitrogens with zero attached hydrogens (tertiary/aromatic N) is 1. The maximum absolute atomic E-state index is 11.8. The summed E-state index contributed by atoms with van der Waals surface area (Å²) in [6, 6.07) is 18.9. The highest BCUT2D eigenvalue weighted by molar-refractivity contribution is 7.87. The van der Waals surface area contributed by atoms with E-state index < -0.39 is 10.3 Å². The minimum absolute atomic E-state index is 0.282. The summed E-state index contributed by atoms with van der Waals surface area (Å²) in [5.74, 6) is 0. The van der Waals surface area contributed by atoms with E-state index in [1.165, 1.54) is 6.07 Å². The van der Waals surface area contributed by atoms with E-state index in [0.29, 0.717) is 11.4 Å². The molecule has 0 saturated heterocycles. The third kappa shape index (κ3) is 2.61. The Kier molecular flexibility index (Phi) is 3.48. The second-order valence-corrected chi connectivity index (χ2v) is 6.09. The van der Waals surface area contributed by atoms with E-state index in [0.717, 1.165) is 15.1 Å². The van der Waals surface area contributed by atoms with Gasteiger partial charge in [-0.25, -0.2) is 4.31 Å². The first kappa shape index (κ1) is 14.4. The highest BCUT2D eigenvalue weighted by Crippen LogP contribution is 2.33. The highest BCUT2D eigenvalue weighted by Gasteiger charge is 2.22. The van der Waals surface area contributed by atoms with Gasteiger partial charge in [0.05, 0.1) is 11.4 Å². The zero-order chi connectivity index (χ0) is 15.7. The van der Waals surface area contributed by atoms with Crippen molar-refractivity contribution in [2.75, 3.05) is 10.0 Å². The average molecular weight is 314 g/mol. The lowest BCUT2D eigenvalue weighted by molar-refractivity contribution is 0.483. The minimum Gasteiger partial charge on any atom is -0.398 e. The summed E-state index contributed by atoms with van der Waals surface area (Å²) in [6.45, 7) is 0. The molecule has 0 heterocycles. The van der Waals surface area contributed by atoms with Crippen molar-refractivity contribution in [3.63, 3.8) is 0 Å². The van der Waals surface area contributed by atoms with Crippen molar-refractivity contribution >= 4 is 38.1 Å². The molecule has 0 fully saturated rings. The molecule has 0 amide bonds. The molecule has 0 unspecified atom stereocenters. The molecule has 3 aromatic carbocycles. The lowest BCUT2D eigenvalue weighted by atomic mass is 10.1. The average Bonchev–Trinajstić information content (AvgIpc) is 2.47. The van der Waals surface area contributed by atoms with Crippen LogP contribution in [-0.4, -0.2) is 13.0 Å². The van der Waals surface area contributed by atoms with Crippen LogP contribution in [0.5, 0.6) is 0 Å². The molecule has 6 heteroatoms. The van der Waals surface area contributed by atoms with E-state index in [-0.39, 0.29) is 5.69 Å². The fourth-order valence-electron chi connectivity index (χ4n) is 2.42. The predicted molar refractivity (Wildman–Crippen MR) is 88.5 cm³/mol. The van der Waals surface area contributed by atoms with Crippen molar-refractivity contribution in [2.45, 2.75) is 0 Å². The number of para-hydroxylation sites is 1. The Morgan fingerprint density at radius 1 is 0.864 bits per heavy atom. The van der Waals surface area contributed by atoms with E-state index in [4.69, 9.17) is 5.73 Å². The number of nitrogens with two attached hydrogens (primary N) is 1. The molecule has 0 atom stereocenters. The van der Waals surface area contributed by atoms with Crippen molar-refractivity contribution in [3.05, 3.63) is 66.7 Å². The van der Waals surface area contributed by atoms with E-state index in [1.807, 2.05) is 24.3 Å². The third-order valence-corrected chi connectivity index (χ3v) is 4.22. The number of hydrogen-bond acceptors (Lipinski definition) is 3. The maximum Gasteiger partial charge on any atom is 0.364 e. The highest BCUT2D eigenvalue weighted by atomic mass is 32.2. The second kappa shape index (κ2) is 5.32. The van der Waals surface area contributed by atoms with Gasteiger partial charge in [-0.3, -0.25) is 4.55 Å². The minimum atomic E-state index is -4.48. The smallest absolute Gasteiger partial charge is 0.364 e. The van der Waals surface area contributed by atoms with E-state index >= 15 is 0 Å². The summed E-state index contributed by atoms with van der Waals surface area (Å²) < 4.78 is 34.1. The van der Waals surface area contributed by atoms with Crippen LogP contribution in [0.3, 0.4) is 0 Å². The Morgan fingerprint density at radius 2 is 1.50 bits per heavy atom. The van der Waals surface area contributed by atoms with Crippen LogP contribution in [0.4, 0.5) is 17.1 Å². The Hall–Kier alpha value is -2.57. The van der Waals surface area contributed by atoms with Gasteiger partial charge < -0.3 is 5.73 Å². The molecular formula is C16H14N2O3S. The molecule has 112 valence electrons. The fourth-order valence-corrected chi connectivity index (χ4v) is 3.18. The first-order valence-corrected chi connectivity index (χ1v) is 7.97.